The highest BCUT2D eigenvalue weighted by Gasteiger charge is 2.57. The van der Waals surface area contributed by atoms with Gasteiger partial charge in [0, 0.05) is 38.4 Å². The normalized spacial score (nSPS) is 16.0. The Bertz CT molecular complexity index is 530. The van der Waals surface area contributed by atoms with Crippen LogP contribution in [0.5, 0.6) is 0 Å². The maximum absolute atomic E-state index is 13.3. The molecular formula is C14H23F3N4O2. The lowest BCUT2D eigenvalue weighted by Gasteiger charge is -2.30. The average molecular weight is 336 g/mol. The number of nitrogens with one attached hydrogen (secondary N) is 2. The first kappa shape index (κ1) is 19.3. The van der Waals surface area contributed by atoms with Crippen molar-refractivity contribution in [1.29, 1.82) is 0 Å². The highest BCUT2D eigenvalue weighted by atomic mass is 19.4. The fourth-order valence-electron chi connectivity index (χ4n) is 1.93. The zero-order chi connectivity index (χ0) is 17.8. The first-order valence-corrected chi connectivity index (χ1v) is 7.30. The maximum atomic E-state index is 13.3. The van der Waals surface area contributed by atoms with Crippen LogP contribution in [0.1, 0.15) is 33.0 Å². The second-order valence-electron chi connectivity index (χ2n) is 5.90. The van der Waals surface area contributed by atoms with Crippen molar-refractivity contribution in [2.45, 2.75) is 45.0 Å². The molecule has 1 rings (SSSR count). The first-order chi connectivity index (χ1) is 10.5. The molecule has 0 saturated heterocycles. The minimum absolute atomic E-state index is 0.119. The van der Waals surface area contributed by atoms with Crippen molar-refractivity contribution in [2.24, 2.45) is 13.0 Å². The number of aliphatic hydroxyl groups is 1. The molecule has 1 heterocycles. The van der Waals surface area contributed by atoms with Crippen LogP contribution in [0, 0.1) is 5.92 Å². The number of rotatable bonds is 6. The molecule has 0 aliphatic heterocycles. The van der Waals surface area contributed by atoms with Crippen molar-refractivity contribution < 1.29 is 23.1 Å². The number of nitrogens with zero attached hydrogens (tertiary/aromatic N) is 2. The Morgan fingerprint density at radius 1 is 1.39 bits per heavy atom. The molecule has 23 heavy (non-hydrogen) atoms. The van der Waals surface area contributed by atoms with E-state index in [4.69, 9.17) is 0 Å². The number of aryl methyl sites for hydroxylation is 1. The average Bonchev–Trinajstić information content (AvgIpc) is 2.83. The molecule has 1 aromatic heterocycles. The molecular weight excluding hydrogens is 313 g/mol. The third-order valence-electron chi connectivity index (χ3n) is 3.79. The smallest absolute Gasteiger partial charge is 0.374 e. The summed E-state index contributed by atoms with van der Waals surface area (Å²) < 4.78 is 40.9. The van der Waals surface area contributed by atoms with Crippen molar-refractivity contribution in [1.82, 2.24) is 20.2 Å². The minimum Gasteiger partial charge on any atom is -0.374 e. The van der Waals surface area contributed by atoms with Crippen LogP contribution in [0.15, 0.2) is 12.4 Å². The van der Waals surface area contributed by atoms with Crippen LogP contribution < -0.4 is 10.6 Å². The highest BCUT2D eigenvalue weighted by molar-refractivity contribution is 5.74. The number of hydrogen-bond donors (Lipinski definition) is 3. The fourth-order valence-corrected chi connectivity index (χ4v) is 1.93. The number of halogens is 3. The largest absolute Gasteiger partial charge is 0.424 e. The molecule has 0 spiro atoms. The summed E-state index contributed by atoms with van der Waals surface area (Å²) in [5.41, 5.74) is -3.12. The van der Waals surface area contributed by atoms with Crippen LogP contribution in [-0.4, -0.2) is 39.5 Å². The molecule has 132 valence electrons. The summed E-state index contributed by atoms with van der Waals surface area (Å²) >= 11 is 0. The molecule has 0 fully saturated rings. The Morgan fingerprint density at radius 3 is 2.43 bits per heavy atom. The van der Waals surface area contributed by atoms with Gasteiger partial charge in [-0.25, -0.2) is 9.78 Å². The van der Waals surface area contributed by atoms with E-state index in [1.54, 1.807) is 6.92 Å². The lowest BCUT2D eigenvalue weighted by molar-refractivity contribution is -0.272. The summed E-state index contributed by atoms with van der Waals surface area (Å²) in [4.78, 5) is 15.2. The number of alkyl halides is 3. The van der Waals surface area contributed by atoms with Crippen molar-refractivity contribution in [3.8, 4) is 0 Å². The van der Waals surface area contributed by atoms with E-state index in [2.05, 4.69) is 15.6 Å². The lowest BCUT2D eigenvalue weighted by Crippen LogP contribution is -2.48. The van der Waals surface area contributed by atoms with Gasteiger partial charge in [-0.15, -0.1) is 0 Å². The van der Waals surface area contributed by atoms with Gasteiger partial charge in [-0.2, -0.15) is 13.2 Å². The van der Waals surface area contributed by atoms with E-state index < -0.39 is 30.1 Å². The SMILES string of the molecule is CC(C)C(C)NC(=O)NCCC(O)(c1nccn1C)C(F)(F)F. The van der Waals surface area contributed by atoms with Crippen LogP contribution in [0.2, 0.25) is 0 Å². The maximum Gasteiger partial charge on any atom is 0.424 e. The van der Waals surface area contributed by atoms with E-state index in [1.165, 1.54) is 19.4 Å². The van der Waals surface area contributed by atoms with Crippen molar-refractivity contribution in [3.05, 3.63) is 18.2 Å². The van der Waals surface area contributed by atoms with Gasteiger partial charge in [0.2, 0.25) is 5.60 Å². The third-order valence-corrected chi connectivity index (χ3v) is 3.79. The summed E-state index contributed by atoms with van der Waals surface area (Å²) in [5, 5.41) is 15.0. The number of amides is 2. The molecule has 2 atom stereocenters. The van der Waals surface area contributed by atoms with Crippen molar-refractivity contribution in [2.75, 3.05) is 6.54 Å². The monoisotopic (exact) mass is 336 g/mol. The Morgan fingerprint density at radius 2 is 2.00 bits per heavy atom. The molecule has 6 nitrogen and oxygen atoms in total. The number of aromatic nitrogens is 2. The zero-order valence-corrected chi connectivity index (χ0v) is 13.6. The van der Waals surface area contributed by atoms with Crippen LogP contribution in [0.3, 0.4) is 0 Å². The van der Waals surface area contributed by atoms with Gasteiger partial charge in [0.25, 0.3) is 0 Å². The van der Waals surface area contributed by atoms with Gasteiger partial charge < -0.3 is 20.3 Å². The Hall–Kier alpha value is -1.77. The molecule has 0 saturated carbocycles. The molecule has 2 unspecified atom stereocenters. The number of carbonyl (C=O) groups excluding carboxylic acids is 1. The molecule has 0 aliphatic rings. The van der Waals surface area contributed by atoms with Crippen molar-refractivity contribution >= 4 is 6.03 Å². The quantitative estimate of drug-likeness (QED) is 0.742. The topological polar surface area (TPSA) is 79.2 Å². The van der Waals surface area contributed by atoms with Crippen LogP contribution in [-0.2, 0) is 12.6 Å². The van der Waals surface area contributed by atoms with Gasteiger partial charge in [0.1, 0.15) is 5.82 Å². The second kappa shape index (κ2) is 7.20. The highest BCUT2D eigenvalue weighted by Crippen LogP contribution is 2.40. The predicted molar refractivity (Wildman–Crippen MR) is 78.6 cm³/mol. The predicted octanol–water partition coefficient (Wildman–Crippen LogP) is 1.90. The zero-order valence-electron chi connectivity index (χ0n) is 13.6. The van der Waals surface area contributed by atoms with Crippen LogP contribution in [0.4, 0.5) is 18.0 Å². The third kappa shape index (κ3) is 4.60. The molecule has 0 bridgehead atoms. The summed E-state index contributed by atoms with van der Waals surface area (Å²) in [5.74, 6) is -0.316. The Labute approximate surface area is 133 Å². The Kier molecular flexibility index (Phi) is 6.04. The summed E-state index contributed by atoms with van der Waals surface area (Å²) in [6.07, 6.45) is -3.15. The van der Waals surface area contributed by atoms with Crippen LogP contribution in [0.25, 0.3) is 0 Å². The lowest BCUT2D eigenvalue weighted by atomic mass is 9.97. The Balaban J connectivity index is 2.71. The first-order valence-electron chi connectivity index (χ1n) is 7.30. The number of carbonyl (C=O) groups is 1. The summed E-state index contributed by atoms with van der Waals surface area (Å²) in [7, 11) is 1.36. The van der Waals surface area contributed by atoms with Gasteiger partial charge in [-0.3, -0.25) is 0 Å². The number of imidazole rings is 1. The van der Waals surface area contributed by atoms with Gasteiger partial charge in [0.05, 0.1) is 0 Å². The fraction of sp³-hybridized carbons (Fsp3) is 0.714. The molecule has 0 aromatic carbocycles. The standard InChI is InChI=1S/C14H23F3N4O2/c1-9(2)10(3)20-12(22)19-6-5-13(23,14(15,16)17)11-18-7-8-21(11)4/h7-10,23H,5-6H2,1-4H3,(H2,19,20,22). The van der Waals surface area contributed by atoms with Crippen LogP contribution >= 0.6 is 0 Å². The summed E-state index contributed by atoms with van der Waals surface area (Å²) in [6.45, 7) is 5.27. The van der Waals surface area contributed by atoms with Gasteiger partial charge in [0.15, 0.2) is 0 Å². The minimum atomic E-state index is -4.91. The van der Waals surface area contributed by atoms with Crippen molar-refractivity contribution in [3.63, 3.8) is 0 Å². The molecule has 0 aliphatic carbocycles. The van der Waals surface area contributed by atoms with Gasteiger partial charge in [-0.05, 0) is 12.8 Å². The van der Waals surface area contributed by atoms with Gasteiger partial charge in [-0.1, -0.05) is 13.8 Å². The second-order valence-corrected chi connectivity index (χ2v) is 5.90. The number of hydrogen-bond acceptors (Lipinski definition) is 3. The summed E-state index contributed by atoms with van der Waals surface area (Å²) in [6, 6.07) is -0.693. The molecule has 0 radical (unpaired) electrons. The van der Waals surface area contributed by atoms with E-state index in [1.807, 2.05) is 13.8 Å². The van der Waals surface area contributed by atoms with E-state index in [0.717, 1.165) is 4.57 Å². The molecule has 9 heteroatoms. The molecule has 1 aromatic rings. The van der Waals surface area contributed by atoms with E-state index in [0.29, 0.717) is 0 Å². The molecule has 2 amide bonds. The molecule has 3 N–H and O–H groups in total. The van der Waals surface area contributed by atoms with E-state index in [-0.39, 0.29) is 18.5 Å². The van der Waals surface area contributed by atoms with Gasteiger partial charge >= 0.3 is 12.2 Å². The van der Waals surface area contributed by atoms with E-state index >= 15 is 0 Å². The van der Waals surface area contributed by atoms with E-state index in [9.17, 15) is 23.1 Å². The number of urea groups is 1.